The maximum atomic E-state index is 6.33. The highest BCUT2D eigenvalue weighted by Gasteiger charge is 2.34. The Morgan fingerprint density at radius 2 is 2.28 bits per heavy atom. The molecule has 2 rings (SSSR count). The average molecular weight is 251 g/mol. The van der Waals surface area contributed by atoms with Gasteiger partial charge in [-0.3, -0.25) is 4.68 Å². The number of hydrogen-bond donors (Lipinski definition) is 1. The van der Waals surface area contributed by atoms with E-state index >= 15 is 0 Å². The van der Waals surface area contributed by atoms with Crippen LogP contribution in [0.4, 0.5) is 0 Å². The van der Waals surface area contributed by atoms with Gasteiger partial charge in [0.1, 0.15) is 0 Å². The second-order valence-electron chi connectivity index (χ2n) is 5.81. The molecule has 1 fully saturated rings. The fourth-order valence-corrected chi connectivity index (χ4v) is 2.46. The van der Waals surface area contributed by atoms with Crippen molar-refractivity contribution in [2.24, 2.45) is 5.73 Å². The predicted molar refractivity (Wildman–Crippen MR) is 72.5 cm³/mol. The molecule has 2 unspecified atom stereocenters. The summed E-state index contributed by atoms with van der Waals surface area (Å²) in [6, 6.07) is 2.48. The fraction of sp³-hybridized carbons (Fsp3) is 0.786. The summed E-state index contributed by atoms with van der Waals surface area (Å²) in [5.74, 6) is 0. The molecule has 0 saturated carbocycles. The van der Waals surface area contributed by atoms with Gasteiger partial charge in [0.25, 0.3) is 0 Å². The van der Waals surface area contributed by atoms with Gasteiger partial charge in [-0.1, -0.05) is 0 Å². The zero-order valence-corrected chi connectivity index (χ0v) is 11.7. The summed E-state index contributed by atoms with van der Waals surface area (Å²) in [5, 5.41) is 4.56. The number of rotatable bonds is 4. The molecular weight excluding hydrogens is 226 g/mol. The first-order valence-corrected chi connectivity index (χ1v) is 6.95. The molecule has 2 N–H and O–H groups in total. The van der Waals surface area contributed by atoms with Gasteiger partial charge >= 0.3 is 0 Å². The number of nitrogens with two attached hydrogens (primary N) is 1. The molecular formula is C14H25N3O. The van der Waals surface area contributed by atoms with Gasteiger partial charge in [-0.05, 0) is 46.1 Å². The van der Waals surface area contributed by atoms with Crippen LogP contribution in [0.15, 0.2) is 12.3 Å². The SMILES string of the molecule is CC(C)n1ccc(CC(N)C2(C)CCCCO2)n1. The molecule has 18 heavy (non-hydrogen) atoms. The first kappa shape index (κ1) is 13.6. The van der Waals surface area contributed by atoms with Crippen molar-refractivity contribution in [2.45, 2.75) is 64.1 Å². The molecule has 102 valence electrons. The van der Waals surface area contributed by atoms with E-state index in [0.29, 0.717) is 6.04 Å². The van der Waals surface area contributed by atoms with Gasteiger partial charge in [0, 0.05) is 31.3 Å². The van der Waals surface area contributed by atoms with Gasteiger partial charge in [0.15, 0.2) is 0 Å². The minimum absolute atomic E-state index is 0.0216. The van der Waals surface area contributed by atoms with Crippen LogP contribution in [-0.4, -0.2) is 28.0 Å². The summed E-state index contributed by atoms with van der Waals surface area (Å²) < 4.78 is 7.87. The van der Waals surface area contributed by atoms with E-state index in [1.54, 1.807) is 0 Å². The van der Waals surface area contributed by atoms with E-state index in [4.69, 9.17) is 10.5 Å². The quantitative estimate of drug-likeness (QED) is 0.893. The highest BCUT2D eigenvalue weighted by Crippen LogP contribution is 2.28. The van der Waals surface area contributed by atoms with E-state index in [-0.39, 0.29) is 11.6 Å². The summed E-state index contributed by atoms with van der Waals surface area (Å²) in [6.07, 6.45) is 6.24. The van der Waals surface area contributed by atoms with Crippen molar-refractivity contribution in [3.8, 4) is 0 Å². The van der Waals surface area contributed by atoms with E-state index in [1.165, 1.54) is 6.42 Å². The second kappa shape index (κ2) is 5.41. The third kappa shape index (κ3) is 2.93. The van der Waals surface area contributed by atoms with Gasteiger partial charge in [0.2, 0.25) is 0 Å². The molecule has 1 aliphatic heterocycles. The zero-order valence-electron chi connectivity index (χ0n) is 11.7. The van der Waals surface area contributed by atoms with Crippen LogP contribution in [0.1, 0.15) is 51.8 Å². The third-order valence-electron chi connectivity index (χ3n) is 3.91. The molecule has 0 aromatic carbocycles. The largest absolute Gasteiger partial charge is 0.374 e. The van der Waals surface area contributed by atoms with Crippen LogP contribution >= 0.6 is 0 Å². The normalized spacial score (nSPS) is 26.5. The molecule has 0 aliphatic carbocycles. The molecule has 4 nitrogen and oxygen atoms in total. The molecule has 0 spiro atoms. The Labute approximate surface area is 110 Å². The van der Waals surface area contributed by atoms with E-state index in [1.807, 2.05) is 10.9 Å². The number of ether oxygens (including phenoxy) is 1. The van der Waals surface area contributed by atoms with Gasteiger partial charge in [0.05, 0.1) is 11.3 Å². The molecule has 1 aromatic heterocycles. The smallest absolute Gasteiger partial charge is 0.0808 e. The van der Waals surface area contributed by atoms with Crippen molar-refractivity contribution in [3.05, 3.63) is 18.0 Å². The molecule has 0 radical (unpaired) electrons. The molecule has 4 heteroatoms. The Morgan fingerprint density at radius 3 is 2.83 bits per heavy atom. The van der Waals surface area contributed by atoms with Gasteiger partial charge in [-0.15, -0.1) is 0 Å². The highest BCUT2D eigenvalue weighted by atomic mass is 16.5. The van der Waals surface area contributed by atoms with Gasteiger partial charge < -0.3 is 10.5 Å². The van der Waals surface area contributed by atoms with Crippen molar-refractivity contribution in [3.63, 3.8) is 0 Å². The Morgan fingerprint density at radius 1 is 1.50 bits per heavy atom. The fourth-order valence-electron chi connectivity index (χ4n) is 2.46. The van der Waals surface area contributed by atoms with Crippen molar-refractivity contribution in [2.75, 3.05) is 6.61 Å². The van der Waals surface area contributed by atoms with Crippen molar-refractivity contribution < 1.29 is 4.74 Å². The lowest BCUT2D eigenvalue weighted by Gasteiger charge is -2.38. The summed E-state index contributed by atoms with van der Waals surface area (Å²) in [5.41, 5.74) is 7.21. The van der Waals surface area contributed by atoms with Crippen LogP contribution in [-0.2, 0) is 11.2 Å². The van der Waals surface area contributed by atoms with Gasteiger partial charge in [-0.2, -0.15) is 5.10 Å². The van der Waals surface area contributed by atoms with Crippen molar-refractivity contribution >= 4 is 0 Å². The van der Waals surface area contributed by atoms with Crippen molar-refractivity contribution in [1.29, 1.82) is 0 Å². The standard InChI is InChI=1S/C14H25N3O/c1-11(2)17-8-6-12(16-17)10-13(15)14(3)7-4-5-9-18-14/h6,8,11,13H,4-5,7,9-10,15H2,1-3H3. The van der Waals surface area contributed by atoms with E-state index < -0.39 is 0 Å². The summed E-state index contributed by atoms with van der Waals surface area (Å²) in [6.45, 7) is 7.23. The minimum Gasteiger partial charge on any atom is -0.374 e. The Bertz CT molecular complexity index is 380. The lowest BCUT2D eigenvalue weighted by Crippen LogP contribution is -2.50. The number of aromatic nitrogens is 2. The Balaban J connectivity index is 1.99. The minimum atomic E-state index is -0.181. The zero-order chi connectivity index (χ0) is 13.2. The van der Waals surface area contributed by atoms with Gasteiger partial charge in [-0.25, -0.2) is 0 Å². The topological polar surface area (TPSA) is 53.1 Å². The monoisotopic (exact) mass is 251 g/mol. The highest BCUT2D eigenvalue weighted by molar-refractivity contribution is 5.05. The molecule has 1 aromatic rings. The molecule has 0 bridgehead atoms. The molecule has 2 heterocycles. The summed E-state index contributed by atoms with van der Waals surface area (Å²) in [4.78, 5) is 0. The predicted octanol–water partition coefficient (Wildman–Crippen LogP) is 2.29. The molecule has 0 amide bonds. The lowest BCUT2D eigenvalue weighted by molar-refractivity contribution is -0.0810. The first-order chi connectivity index (χ1) is 8.51. The van der Waals surface area contributed by atoms with E-state index in [0.717, 1.165) is 31.6 Å². The first-order valence-electron chi connectivity index (χ1n) is 6.95. The average Bonchev–Trinajstić information content (AvgIpc) is 2.78. The Kier molecular flexibility index (Phi) is 4.07. The maximum Gasteiger partial charge on any atom is 0.0808 e. The maximum absolute atomic E-state index is 6.33. The molecule has 1 saturated heterocycles. The van der Waals surface area contributed by atoms with Crippen LogP contribution in [0.3, 0.4) is 0 Å². The lowest BCUT2D eigenvalue weighted by atomic mass is 9.86. The molecule has 2 atom stereocenters. The van der Waals surface area contributed by atoms with Crippen LogP contribution in [0.25, 0.3) is 0 Å². The molecule has 1 aliphatic rings. The number of hydrogen-bond acceptors (Lipinski definition) is 3. The second-order valence-corrected chi connectivity index (χ2v) is 5.81. The van der Waals surface area contributed by atoms with E-state index in [9.17, 15) is 0 Å². The third-order valence-corrected chi connectivity index (χ3v) is 3.91. The van der Waals surface area contributed by atoms with Crippen LogP contribution < -0.4 is 5.73 Å². The number of nitrogens with zero attached hydrogens (tertiary/aromatic N) is 2. The van der Waals surface area contributed by atoms with E-state index in [2.05, 4.69) is 31.9 Å². The Hall–Kier alpha value is -0.870. The summed E-state index contributed by atoms with van der Waals surface area (Å²) >= 11 is 0. The summed E-state index contributed by atoms with van der Waals surface area (Å²) in [7, 11) is 0. The van der Waals surface area contributed by atoms with Crippen molar-refractivity contribution in [1.82, 2.24) is 9.78 Å². The van der Waals surface area contributed by atoms with Crippen LogP contribution in [0, 0.1) is 0 Å². The van der Waals surface area contributed by atoms with Crippen LogP contribution in [0.2, 0.25) is 0 Å². The van der Waals surface area contributed by atoms with Crippen LogP contribution in [0.5, 0.6) is 0 Å².